The van der Waals surface area contributed by atoms with Crippen LogP contribution in [0.15, 0.2) is 0 Å². The lowest BCUT2D eigenvalue weighted by molar-refractivity contribution is -0.146. The zero-order valence-corrected chi connectivity index (χ0v) is 10.3. The van der Waals surface area contributed by atoms with E-state index in [2.05, 4.69) is 19.2 Å². The second kappa shape index (κ2) is 4.12. The highest BCUT2D eigenvalue weighted by molar-refractivity contribution is 5.73. The van der Waals surface area contributed by atoms with E-state index in [1.807, 2.05) is 0 Å². The number of hydrogen-bond donors (Lipinski definition) is 2. The van der Waals surface area contributed by atoms with Gasteiger partial charge in [-0.25, -0.2) is 0 Å². The molecule has 0 amide bonds. The summed E-state index contributed by atoms with van der Waals surface area (Å²) in [6, 6.07) is 0.499. The molecule has 15 heavy (non-hydrogen) atoms. The third-order valence-electron chi connectivity index (χ3n) is 3.38. The first-order valence-electron chi connectivity index (χ1n) is 5.70. The minimum Gasteiger partial charge on any atom is -0.481 e. The first-order valence-corrected chi connectivity index (χ1v) is 5.70. The van der Waals surface area contributed by atoms with E-state index in [0.29, 0.717) is 18.0 Å². The molecule has 0 heterocycles. The number of aliphatic carboxylic acids is 1. The van der Waals surface area contributed by atoms with Crippen molar-refractivity contribution in [3.05, 3.63) is 0 Å². The monoisotopic (exact) mass is 213 g/mol. The zero-order valence-electron chi connectivity index (χ0n) is 10.3. The SMILES string of the molecule is CC1(C)CCC(NCC(C)(C)C(=O)O)C1. The molecule has 0 spiro atoms. The zero-order chi connectivity index (χ0) is 11.7. The van der Waals surface area contributed by atoms with Crippen molar-refractivity contribution in [1.29, 1.82) is 0 Å². The fourth-order valence-corrected chi connectivity index (χ4v) is 2.09. The molecule has 88 valence electrons. The Balaban J connectivity index is 2.36. The molecule has 1 atom stereocenters. The highest BCUT2D eigenvalue weighted by Crippen LogP contribution is 2.37. The Morgan fingerprint density at radius 2 is 2.13 bits per heavy atom. The van der Waals surface area contributed by atoms with Crippen molar-refractivity contribution in [2.75, 3.05) is 6.54 Å². The normalized spacial score (nSPS) is 25.5. The molecule has 0 aromatic carbocycles. The molecule has 1 unspecified atom stereocenters. The number of carboxylic acid groups (broad SMARTS) is 1. The minimum atomic E-state index is -0.729. The van der Waals surface area contributed by atoms with E-state index < -0.39 is 11.4 Å². The van der Waals surface area contributed by atoms with Gasteiger partial charge >= 0.3 is 5.97 Å². The van der Waals surface area contributed by atoms with Crippen molar-refractivity contribution in [3.8, 4) is 0 Å². The number of carbonyl (C=O) groups is 1. The molecule has 0 aromatic heterocycles. The molecule has 1 rings (SSSR count). The maximum Gasteiger partial charge on any atom is 0.310 e. The van der Waals surface area contributed by atoms with E-state index in [1.54, 1.807) is 13.8 Å². The Hall–Kier alpha value is -0.570. The second-order valence-corrected chi connectivity index (χ2v) is 6.17. The van der Waals surface area contributed by atoms with Gasteiger partial charge in [0.15, 0.2) is 0 Å². The number of carboxylic acids is 1. The number of nitrogens with one attached hydrogen (secondary N) is 1. The highest BCUT2D eigenvalue weighted by atomic mass is 16.4. The van der Waals surface area contributed by atoms with Crippen LogP contribution in [-0.4, -0.2) is 23.7 Å². The van der Waals surface area contributed by atoms with Crippen LogP contribution in [0.2, 0.25) is 0 Å². The van der Waals surface area contributed by atoms with Crippen molar-refractivity contribution in [3.63, 3.8) is 0 Å². The minimum absolute atomic E-state index is 0.422. The predicted molar refractivity (Wildman–Crippen MR) is 60.8 cm³/mol. The molecular weight excluding hydrogens is 190 g/mol. The summed E-state index contributed by atoms with van der Waals surface area (Å²) in [5, 5.41) is 12.4. The van der Waals surface area contributed by atoms with Gasteiger partial charge in [-0.05, 0) is 38.5 Å². The van der Waals surface area contributed by atoms with Gasteiger partial charge in [0.1, 0.15) is 0 Å². The molecule has 0 saturated heterocycles. The molecule has 0 aliphatic heterocycles. The molecule has 3 heteroatoms. The molecule has 1 fully saturated rings. The summed E-state index contributed by atoms with van der Waals surface area (Å²) in [7, 11) is 0. The van der Waals surface area contributed by atoms with Crippen LogP contribution in [-0.2, 0) is 4.79 Å². The Morgan fingerprint density at radius 1 is 1.53 bits per heavy atom. The van der Waals surface area contributed by atoms with Gasteiger partial charge in [0.05, 0.1) is 5.41 Å². The van der Waals surface area contributed by atoms with Crippen LogP contribution in [0.25, 0.3) is 0 Å². The second-order valence-electron chi connectivity index (χ2n) is 6.17. The molecule has 1 aliphatic rings. The molecule has 1 saturated carbocycles. The first kappa shape index (κ1) is 12.5. The maximum absolute atomic E-state index is 10.9. The largest absolute Gasteiger partial charge is 0.481 e. The van der Waals surface area contributed by atoms with Gasteiger partial charge in [0, 0.05) is 12.6 Å². The lowest BCUT2D eigenvalue weighted by atomic mass is 9.91. The average molecular weight is 213 g/mol. The molecule has 2 N–H and O–H groups in total. The third kappa shape index (κ3) is 3.49. The van der Waals surface area contributed by atoms with Gasteiger partial charge in [-0.1, -0.05) is 13.8 Å². The van der Waals surface area contributed by atoms with E-state index >= 15 is 0 Å². The lowest BCUT2D eigenvalue weighted by Gasteiger charge is -2.23. The number of hydrogen-bond acceptors (Lipinski definition) is 2. The van der Waals surface area contributed by atoms with Gasteiger partial charge in [-0.15, -0.1) is 0 Å². The highest BCUT2D eigenvalue weighted by Gasteiger charge is 2.33. The Kier molecular flexibility index (Phi) is 3.44. The summed E-state index contributed by atoms with van der Waals surface area (Å²) < 4.78 is 0. The predicted octanol–water partition coefficient (Wildman–Crippen LogP) is 2.27. The van der Waals surface area contributed by atoms with Crippen LogP contribution in [0.1, 0.15) is 47.0 Å². The van der Waals surface area contributed by atoms with Crippen molar-refractivity contribution < 1.29 is 9.90 Å². The van der Waals surface area contributed by atoms with Crippen LogP contribution in [0.3, 0.4) is 0 Å². The van der Waals surface area contributed by atoms with Crippen LogP contribution in [0.4, 0.5) is 0 Å². The summed E-state index contributed by atoms with van der Waals surface area (Å²) >= 11 is 0. The molecule has 0 aromatic rings. The van der Waals surface area contributed by atoms with Gasteiger partial charge in [0.25, 0.3) is 0 Å². The summed E-state index contributed by atoms with van der Waals surface area (Å²) in [5.41, 5.74) is -0.238. The van der Waals surface area contributed by atoms with Crippen LogP contribution in [0, 0.1) is 10.8 Å². The topological polar surface area (TPSA) is 49.3 Å². The van der Waals surface area contributed by atoms with Crippen LogP contribution >= 0.6 is 0 Å². The van der Waals surface area contributed by atoms with Gasteiger partial charge in [0.2, 0.25) is 0 Å². The summed E-state index contributed by atoms with van der Waals surface area (Å²) in [4.78, 5) is 10.9. The molecule has 0 bridgehead atoms. The quantitative estimate of drug-likeness (QED) is 0.753. The van der Waals surface area contributed by atoms with E-state index in [9.17, 15) is 4.79 Å². The summed E-state index contributed by atoms with van der Waals surface area (Å²) in [6.07, 6.45) is 3.56. The van der Waals surface area contributed by atoms with E-state index in [-0.39, 0.29) is 0 Å². The number of rotatable bonds is 4. The fourth-order valence-electron chi connectivity index (χ4n) is 2.09. The van der Waals surface area contributed by atoms with Gasteiger partial charge < -0.3 is 10.4 Å². The average Bonchev–Trinajstić information content (AvgIpc) is 2.42. The smallest absolute Gasteiger partial charge is 0.310 e. The fraction of sp³-hybridized carbons (Fsp3) is 0.917. The van der Waals surface area contributed by atoms with Gasteiger partial charge in [-0.2, -0.15) is 0 Å². The van der Waals surface area contributed by atoms with Gasteiger partial charge in [-0.3, -0.25) is 4.79 Å². The Bertz CT molecular complexity index is 246. The Morgan fingerprint density at radius 3 is 2.53 bits per heavy atom. The van der Waals surface area contributed by atoms with Crippen molar-refractivity contribution in [2.24, 2.45) is 10.8 Å². The third-order valence-corrected chi connectivity index (χ3v) is 3.38. The molecule has 1 aliphatic carbocycles. The lowest BCUT2D eigenvalue weighted by Crippen LogP contribution is -2.40. The van der Waals surface area contributed by atoms with Crippen LogP contribution < -0.4 is 5.32 Å². The summed E-state index contributed by atoms with van der Waals surface area (Å²) in [6.45, 7) is 8.64. The van der Waals surface area contributed by atoms with E-state index in [0.717, 1.165) is 6.42 Å². The van der Waals surface area contributed by atoms with Crippen molar-refractivity contribution in [2.45, 2.75) is 53.0 Å². The molecular formula is C12H23NO2. The van der Waals surface area contributed by atoms with Crippen LogP contribution in [0.5, 0.6) is 0 Å². The van der Waals surface area contributed by atoms with E-state index in [4.69, 9.17) is 5.11 Å². The Labute approximate surface area is 92.3 Å². The molecule has 0 radical (unpaired) electrons. The standard InChI is InChI=1S/C12H23NO2/c1-11(2)6-5-9(7-11)13-8-12(3,4)10(14)15/h9,13H,5-8H2,1-4H3,(H,14,15). The maximum atomic E-state index is 10.9. The van der Waals surface area contributed by atoms with Crippen molar-refractivity contribution in [1.82, 2.24) is 5.32 Å². The first-order chi connectivity index (χ1) is 6.73. The summed E-state index contributed by atoms with van der Waals surface area (Å²) in [5.74, 6) is -0.729. The van der Waals surface area contributed by atoms with Crippen molar-refractivity contribution >= 4 is 5.97 Å². The van der Waals surface area contributed by atoms with E-state index in [1.165, 1.54) is 12.8 Å². The molecule has 3 nitrogen and oxygen atoms in total.